The molecule has 0 bridgehead atoms. The Morgan fingerprint density at radius 1 is 1.14 bits per heavy atom. The zero-order chi connectivity index (χ0) is 15.2. The molecule has 1 atom stereocenters. The lowest BCUT2D eigenvalue weighted by Gasteiger charge is -2.33. The van der Waals surface area contributed by atoms with Gasteiger partial charge in [-0.1, -0.05) is 6.07 Å². The lowest BCUT2D eigenvalue weighted by molar-refractivity contribution is 0.0672. The predicted molar refractivity (Wildman–Crippen MR) is 86.0 cm³/mol. The Kier molecular flexibility index (Phi) is 6.03. The Balaban J connectivity index is 1.66. The number of aliphatic hydroxyl groups excluding tert-OH is 1. The molecule has 0 saturated carbocycles. The van der Waals surface area contributed by atoms with E-state index in [4.69, 9.17) is 4.74 Å². The Hall–Kier alpha value is -1.10. The lowest BCUT2D eigenvalue weighted by Crippen LogP contribution is -2.47. The third-order valence-corrected chi connectivity index (χ3v) is 4.26. The molecule has 21 heavy (non-hydrogen) atoms. The first-order valence-electron chi connectivity index (χ1n) is 7.83. The molecule has 0 unspecified atom stereocenters. The normalized spacial score (nSPS) is 18.7. The van der Waals surface area contributed by atoms with Gasteiger partial charge in [0.15, 0.2) is 0 Å². The number of hydrogen-bond acceptors (Lipinski definition) is 4. The largest absolute Gasteiger partial charge is 0.493 e. The van der Waals surface area contributed by atoms with Crippen molar-refractivity contribution in [1.29, 1.82) is 0 Å². The summed E-state index contributed by atoms with van der Waals surface area (Å²) >= 11 is 0. The molecule has 4 nitrogen and oxygen atoms in total. The number of β-amino-alcohol motifs (C(OH)–C–C–N with tert-alkyl or cyclic N) is 1. The Bertz CT molecular complexity index is 442. The van der Waals surface area contributed by atoms with E-state index >= 15 is 0 Å². The van der Waals surface area contributed by atoms with Crippen LogP contribution in [0.5, 0.6) is 5.75 Å². The number of ether oxygens (including phenoxy) is 1. The van der Waals surface area contributed by atoms with Crippen LogP contribution in [0.4, 0.5) is 0 Å². The molecule has 0 spiro atoms. The third-order valence-electron chi connectivity index (χ3n) is 4.26. The molecule has 1 fully saturated rings. The second-order valence-electron chi connectivity index (χ2n) is 6.14. The first-order chi connectivity index (χ1) is 10.0. The number of benzene rings is 1. The topological polar surface area (TPSA) is 35.9 Å². The van der Waals surface area contributed by atoms with Crippen molar-refractivity contribution < 1.29 is 9.84 Å². The zero-order valence-electron chi connectivity index (χ0n) is 13.5. The Morgan fingerprint density at radius 2 is 1.86 bits per heavy atom. The van der Waals surface area contributed by atoms with Crippen LogP contribution >= 0.6 is 0 Å². The fourth-order valence-corrected chi connectivity index (χ4v) is 2.54. The van der Waals surface area contributed by atoms with Crippen molar-refractivity contribution in [3.05, 3.63) is 29.3 Å². The fraction of sp³-hybridized carbons (Fsp3) is 0.647. The van der Waals surface area contributed by atoms with Crippen molar-refractivity contribution in [3.63, 3.8) is 0 Å². The van der Waals surface area contributed by atoms with Gasteiger partial charge in [0.25, 0.3) is 0 Å². The average Bonchev–Trinajstić information content (AvgIpc) is 2.45. The van der Waals surface area contributed by atoms with Crippen molar-refractivity contribution in [2.24, 2.45) is 0 Å². The van der Waals surface area contributed by atoms with Crippen LogP contribution in [-0.2, 0) is 0 Å². The minimum atomic E-state index is -0.306. The van der Waals surface area contributed by atoms with Gasteiger partial charge in [0.05, 0.1) is 12.7 Å². The fourth-order valence-electron chi connectivity index (χ4n) is 2.54. The highest BCUT2D eigenvalue weighted by atomic mass is 16.5. The zero-order valence-corrected chi connectivity index (χ0v) is 13.5. The van der Waals surface area contributed by atoms with Crippen molar-refractivity contribution in [2.75, 3.05) is 46.4 Å². The summed E-state index contributed by atoms with van der Waals surface area (Å²) in [5.74, 6) is 0.893. The predicted octanol–water partition coefficient (Wildman–Crippen LogP) is 1.68. The van der Waals surface area contributed by atoms with Gasteiger partial charge >= 0.3 is 0 Å². The molecule has 1 heterocycles. The molecule has 0 aromatic heterocycles. The molecule has 1 aromatic carbocycles. The van der Waals surface area contributed by atoms with Gasteiger partial charge in [-0.05, 0) is 44.2 Å². The van der Waals surface area contributed by atoms with Crippen LogP contribution < -0.4 is 4.74 Å². The van der Waals surface area contributed by atoms with Crippen molar-refractivity contribution >= 4 is 0 Å². The van der Waals surface area contributed by atoms with Crippen LogP contribution in [0.25, 0.3) is 0 Å². The molecule has 2 rings (SSSR count). The highest BCUT2D eigenvalue weighted by Gasteiger charge is 2.16. The highest BCUT2D eigenvalue weighted by molar-refractivity contribution is 5.33. The average molecular weight is 292 g/mol. The molecule has 1 aliphatic heterocycles. The van der Waals surface area contributed by atoms with Crippen LogP contribution in [0.2, 0.25) is 0 Å². The van der Waals surface area contributed by atoms with E-state index in [2.05, 4.69) is 42.8 Å². The van der Waals surface area contributed by atoms with Gasteiger partial charge in [-0.25, -0.2) is 0 Å². The summed E-state index contributed by atoms with van der Waals surface area (Å²) in [6, 6.07) is 6.13. The number of nitrogens with zero attached hydrogens (tertiary/aromatic N) is 2. The summed E-state index contributed by atoms with van der Waals surface area (Å²) in [4.78, 5) is 4.66. The number of aryl methyl sites for hydroxylation is 2. The first kappa shape index (κ1) is 16.3. The number of aliphatic hydroxyl groups is 1. The van der Waals surface area contributed by atoms with Crippen molar-refractivity contribution in [1.82, 2.24) is 9.80 Å². The summed E-state index contributed by atoms with van der Waals surface area (Å²) in [6.45, 7) is 9.78. The van der Waals surface area contributed by atoms with Gasteiger partial charge in [-0.2, -0.15) is 0 Å². The molecule has 4 heteroatoms. The van der Waals surface area contributed by atoms with Crippen LogP contribution in [0, 0.1) is 13.8 Å². The van der Waals surface area contributed by atoms with E-state index in [-0.39, 0.29) is 6.10 Å². The van der Waals surface area contributed by atoms with Gasteiger partial charge < -0.3 is 14.7 Å². The van der Waals surface area contributed by atoms with Crippen LogP contribution in [0.15, 0.2) is 18.2 Å². The minimum absolute atomic E-state index is 0.306. The molecule has 1 N–H and O–H groups in total. The number of hydrogen-bond donors (Lipinski definition) is 1. The van der Waals surface area contributed by atoms with Crippen LogP contribution in [-0.4, -0.2) is 67.4 Å². The van der Waals surface area contributed by atoms with E-state index in [1.54, 1.807) is 0 Å². The SMILES string of the molecule is Cc1ccc(OCC[C@@H](O)CN2CCN(C)CC2)cc1C. The molecule has 0 amide bonds. The molecule has 1 aromatic rings. The van der Waals surface area contributed by atoms with E-state index in [1.807, 2.05) is 6.07 Å². The monoisotopic (exact) mass is 292 g/mol. The van der Waals surface area contributed by atoms with E-state index in [0.717, 1.165) is 38.5 Å². The second kappa shape index (κ2) is 7.78. The summed E-state index contributed by atoms with van der Waals surface area (Å²) in [7, 11) is 2.14. The third kappa shape index (κ3) is 5.30. The number of piperazine rings is 1. The summed E-state index contributed by atoms with van der Waals surface area (Å²) < 4.78 is 5.73. The molecule has 0 radical (unpaired) electrons. The van der Waals surface area contributed by atoms with Gasteiger partial charge in [-0.15, -0.1) is 0 Å². The molecular formula is C17H28N2O2. The van der Waals surface area contributed by atoms with Gasteiger partial charge in [0, 0.05) is 39.1 Å². The van der Waals surface area contributed by atoms with Gasteiger partial charge in [0.2, 0.25) is 0 Å². The summed E-state index contributed by atoms with van der Waals surface area (Å²) in [6.07, 6.45) is 0.374. The van der Waals surface area contributed by atoms with E-state index in [0.29, 0.717) is 13.0 Å². The molecule has 1 saturated heterocycles. The molecular weight excluding hydrogens is 264 g/mol. The van der Waals surface area contributed by atoms with Crippen molar-refractivity contribution in [3.8, 4) is 5.75 Å². The smallest absolute Gasteiger partial charge is 0.119 e. The Morgan fingerprint density at radius 3 is 2.52 bits per heavy atom. The van der Waals surface area contributed by atoms with Crippen LogP contribution in [0.3, 0.4) is 0 Å². The first-order valence-corrected chi connectivity index (χ1v) is 7.83. The number of likely N-dealkylation sites (N-methyl/N-ethyl adjacent to an activating group) is 1. The van der Waals surface area contributed by atoms with E-state index < -0.39 is 0 Å². The summed E-state index contributed by atoms with van der Waals surface area (Å²) in [5.41, 5.74) is 2.52. The van der Waals surface area contributed by atoms with Crippen LogP contribution in [0.1, 0.15) is 17.5 Å². The van der Waals surface area contributed by atoms with Gasteiger partial charge in [-0.3, -0.25) is 4.90 Å². The van der Waals surface area contributed by atoms with E-state index in [1.165, 1.54) is 11.1 Å². The quantitative estimate of drug-likeness (QED) is 0.865. The highest BCUT2D eigenvalue weighted by Crippen LogP contribution is 2.16. The maximum Gasteiger partial charge on any atom is 0.119 e. The lowest BCUT2D eigenvalue weighted by atomic mass is 10.1. The maximum atomic E-state index is 10.1. The summed E-state index contributed by atoms with van der Waals surface area (Å²) in [5, 5.41) is 10.1. The maximum absolute atomic E-state index is 10.1. The second-order valence-corrected chi connectivity index (χ2v) is 6.14. The Labute approximate surface area is 128 Å². The molecule has 118 valence electrons. The molecule has 0 aliphatic carbocycles. The van der Waals surface area contributed by atoms with E-state index in [9.17, 15) is 5.11 Å². The minimum Gasteiger partial charge on any atom is -0.493 e. The number of rotatable bonds is 6. The molecule has 1 aliphatic rings. The van der Waals surface area contributed by atoms with Crippen molar-refractivity contribution in [2.45, 2.75) is 26.4 Å². The van der Waals surface area contributed by atoms with Gasteiger partial charge in [0.1, 0.15) is 5.75 Å². The standard InChI is InChI=1S/C17H28N2O2/c1-14-4-5-17(12-15(14)2)21-11-6-16(20)13-19-9-7-18(3)8-10-19/h4-5,12,16,20H,6-11,13H2,1-3H3/t16-/m1/s1.